The van der Waals surface area contributed by atoms with Crippen LogP contribution in [0.15, 0.2) is 22.7 Å². The van der Waals surface area contributed by atoms with Crippen molar-refractivity contribution in [2.45, 2.75) is 46.7 Å². The van der Waals surface area contributed by atoms with Gasteiger partial charge in [0, 0.05) is 10.6 Å². The van der Waals surface area contributed by atoms with E-state index in [1.54, 1.807) is 13.0 Å². The number of hydrogen-bond donors (Lipinski definition) is 2. The van der Waals surface area contributed by atoms with Crippen molar-refractivity contribution in [3.63, 3.8) is 0 Å². The number of carbonyl (C=O) groups excluding carboxylic acids is 2. The van der Waals surface area contributed by atoms with Crippen LogP contribution < -0.4 is 10.6 Å². The number of nitrogens with zero attached hydrogens (tertiary/aromatic N) is 1. The van der Waals surface area contributed by atoms with Gasteiger partial charge in [-0.2, -0.15) is 0 Å². The fourth-order valence-electron chi connectivity index (χ4n) is 2.91. The van der Waals surface area contributed by atoms with Crippen LogP contribution in [-0.2, 0) is 4.79 Å². The molecule has 6 nitrogen and oxygen atoms in total. The molecule has 0 spiro atoms. The van der Waals surface area contributed by atoms with Crippen LogP contribution >= 0.6 is 23.2 Å². The number of benzene rings is 1. The Morgan fingerprint density at radius 1 is 1.11 bits per heavy atom. The SMILES string of the molecule is Cc1noc(C)c1C(C)NC(=O)C(NC(=O)c1ccc(Cl)cc1Cl)C(C)C. The third kappa shape index (κ3) is 5.02. The molecule has 2 N–H and O–H groups in total. The number of amides is 2. The van der Waals surface area contributed by atoms with E-state index in [0.29, 0.717) is 10.8 Å². The highest BCUT2D eigenvalue weighted by Gasteiger charge is 2.28. The van der Waals surface area contributed by atoms with Crippen molar-refractivity contribution >= 4 is 35.0 Å². The Kier molecular flexibility index (Phi) is 6.89. The number of aromatic nitrogens is 1. The zero-order chi connectivity index (χ0) is 20.3. The highest BCUT2D eigenvalue weighted by Crippen LogP contribution is 2.23. The van der Waals surface area contributed by atoms with E-state index in [1.165, 1.54) is 12.1 Å². The summed E-state index contributed by atoms with van der Waals surface area (Å²) in [4.78, 5) is 25.4. The maximum Gasteiger partial charge on any atom is 0.253 e. The minimum absolute atomic E-state index is 0.128. The number of aryl methyl sites for hydroxylation is 2. The molecule has 2 rings (SSSR count). The molecule has 2 unspecified atom stereocenters. The van der Waals surface area contributed by atoms with Gasteiger partial charge in [0.1, 0.15) is 11.8 Å². The lowest BCUT2D eigenvalue weighted by atomic mass is 10.0. The first-order valence-electron chi connectivity index (χ1n) is 8.60. The van der Waals surface area contributed by atoms with Gasteiger partial charge in [0.15, 0.2) is 0 Å². The van der Waals surface area contributed by atoms with Gasteiger partial charge in [-0.25, -0.2) is 0 Å². The molecule has 0 bridgehead atoms. The van der Waals surface area contributed by atoms with Crippen LogP contribution in [0.3, 0.4) is 0 Å². The van der Waals surface area contributed by atoms with E-state index in [2.05, 4.69) is 15.8 Å². The highest BCUT2D eigenvalue weighted by atomic mass is 35.5. The molecule has 0 radical (unpaired) electrons. The van der Waals surface area contributed by atoms with Crippen LogP contribution in [0.4, 0.5) is 0 Å². The third-order valence-electron chi connectivity index (χ3n) is 4.29. The molecule has 2 atom stereocenters. The molecule has 0 aliphatic heterocycles. The zero-order valence-electron chi connectivity index (χ0n) is 15.9. The van der Waals surface area contributed by atoms with E-state index in [4.69, 9.17) is 27.7 Å². The van der Waals surface area contributed by atoms with Crippen LogP contribution in [0.5, 0.6) is 0 Å². The van der Waals surface area contributed by atoms with E-state index < -0.39 is 11.9 Å². The minimum atomic E-state index is -0.729. The molecule has 1 heterocycles. The number of hydrogen-bond acceptors (Lipinski definition) is 4. The summed E-state index contributed by atoms with van der Waals surface area (Å²) in [5, 5.41) is 10.2. The molecule has 0 saturated heterocycles. The van der Waals surface area contributed by atoms with Gasteiger partial charge >= 0.3 is 0 Å². The quantitative estimate of drug-likeness (QED) is 0.744. The van der Waals surface area contributed by atoms with Crippen molar-refractivity contribution < 1.29 is 14.1 Å². The molecule has 2 aromatic rings. The van der Waals surface area contributed by atoms with Gasteiger partial charge in [-0.15, -0.1) is 0 Å². The predicted octanol–water partition coefficient (Wildman–Crippen LogP) is 4.23. The van der Waals surface area contributed by atoms with Crippen molar-refractivity contribution in [1.29, 1.82) is 0 Å². The van der Waals surface area contributed by atoms with Crippen LogP contribution in [0.1, 0.15) is 54.2 Å². The largest absolute Gasteiger partial charge is 0.361 e. The summed E-state index contributed by atoms with van der Waals surface area (Å²) in [7, 11) is 0. The van der Waals surface area contributed by atoms with E-state index in [1.807, 2.05) is 27.7 Å². The smallest absolute Gasteiger partial charge is 0.253 e. The molecule has 2 amide bonds. The van der Waals surface area contributed by atoms with Crippen molar-refractivity contribution in [3.05, 3.63) is 50.8 Å². The Morgan fingerprint density at radius 3 is 2.30 bits per heavy atom. The summed E-state index contributed by atoms with van der Waals surface area (Å²) in [5.41, 5.74) is 1.81. The Balaban J connectivity index is 2.14. The molecule has 0 aliphatic rings. The molecular formula is C19H23Cl2N3O3. The van der Waals surface area contributed by atoms with E-state index in [0.717, 1.165) is 11.3 Å². The van der Waals surface area contributed by atoms with Gasteiger partial charge in [-0.3, -0.25) is 9.59 Å². The first-order valence-corrected chi connectivity index (χ1v) is 9.36. The lowest BCUT2D eigenvalue weighted by Crippen LogP contribution is -2.50. The predicted molar refractivity (Wildman–Crippen MR) is 105 cm³/mol. The fraction of sp³-hybridized carbons (Fsp3) is 0.421. The summed E-state index contributed by atoms with van der Waals surface area (Å²) >= 11 is 12.0. The molecular weight excluding hydrogens is 389 g/mol. The van der Waals surface area contributed by atoms with Crippen molar-refractivity contribution in [2.75, 3.05) is 0 Å². The van der Waals surface area contributed by atoms with E-state index in [9.17, 15) is 9.59 Å². The maximum atomic E-state index is 12.8. The van der Waals surface area contributed by atoms with Crippen molar-refractivity contribution in [2.24, 2.45) is 5.92 Å². The summed E-state index contributed by atoms with van der Waals surface area (Å²) in [5.74, 6) is -0.207. The lowest BCUT2D eigenvalue weighted by molar-refractivity contribution is -0.124. The lowest BCUT2D eigenvalue weighted by Gasteiger charge is -2.24. The number of rotatable bonds is 6. The van der Waals surface area contributed by atoms with E-state index >= 15 is 0 Å². The van der Waals surface area contributed by atoms with Gasteiger partial charge in [0.2, 0.25) is 5.91 Å². The highest BCUT2D eigenvalue weighted by molar-refractivity contribution is 6.36. The number of nitrogens with one attached hydrogen (secondary N) is 2. The minimum Gasteiger partial charge on any atom is -0.361 e. The Hall–Kier alpha value is -2.05. The van der Waals surface area contributed by atoms with Crippen LogP contribution in [-0.4, -0.2) is 23.0 Å². The first-order chi connectivity index (χ1) is 12.6. The van der Waals surface area contributed by atoms with Gasteiger partial charge < -0.3 is 15.2 Å². The number of halogens is 2. The average molecular weight is 412 g/mol. The summed E-state index contributed by atoms with van der Waals surface area (Å²) < 4.78 is 5.15. The average Bonchev–Trinajstić information content (AvgIpc) is 2.90. The molecule has 0 fully saturated rings. The summed E-state index contributed by atoms with van der Waals surface area (Å²) in [6.45, 7) is 9.17. The van der Waals surface area contributed by atoms with Crippen LogP contribution in [0.2, 0.25) is 10.0 Å². The second-order valence-electron chi connectivity index (χ2n) is 6.79. The zero-order valence-corrected chi connectivity index (χ0v) is 17.4. The molecule has 1 aromatic carbocycles. The van der Waals surface area contributed by atoms with Crippen LogP contribution in [0.25, 0.3) is 0 Å². The second-order valence-corrected chi connectivity index (χ2v) is 7.63. The first kappa shape index (κ1) is 21.3. The molecule has 8 heteroatoms. The van der Waals surface area contributed by atoms with Gasteiger partial charge in [-0.05, 0) is 44.9 Å². The molecule has 27 heavy (non-hydrogen) atoms. The van der Waals surface area contributed by atoms with Gasteiger partial charge in [0.05, 0.1) is 22.3 Å². The van der Waals surface area contributed by atoms with E-state index in [-0.39, 0.29) is 28.5 Å². The van der Waals surface area contributed by atoms with Crippen molar-refractivity contribution in [3.8, 4) is 0 Å². The Labute approximate surface area is 168 Å². The van der Waals surface area contributed by atoms with Gasteiger partial charge in [-0.1, -0.05) is 42.2 Å². The maximum absolute atomic E-state index is 12.8. The Morgan fingerprint density at radius 2 is 1.78 bits per heavy atom. The molecule has 0 saturated carbocycles. The second kappa shape index (κ2) is 8.76. The van der Waals surface area contributed by atoms with Crippen LogP contribution in [0, 0.1) is 19.8 Å². The standard InChI is InChI=1S/C19H23Cl2N3O3/c1-9(2)17(23-18(25)14-7-6-13(20)8-15(14)21)19(26)22-10(3)16-11(4)24-27-12(16)5/h6-10,17H,1-5H3,(H,22,26)(H,23,25). The number of carbonyl (C=O) groups is 2. The molecule has 0 aliphatic carbocycles. The van der Waals surface area contributed by atoms with Gasteiger partial charge in [0.25, 0.3) is 5.91 Å². The Bertz CT molecular complexity index is 829. The fourth-order valence-corrected chi connectivity index (χ4v) is 3.41. The molecule has 1 aromatic heterocycles. The van der Waals surface area contributed by atoms with Crippen molar-refractivity contribution in [1.82, 2.24) is 15.8 Å². The normalized spacial score (nSPS) is 13.3. The third-order valence-corrected chi connectivity index (χ3v) is 4.84. The monoisotopic (exact) mass is 411 g/mol. The molecule has 146 valence electrons. The summed E-state index contributed by atoms with van der Waals surface area (Å²) in [6.07, 6.45) is 0. The topological polar surface area (TPSA) is 84.2 Å². The summed E-state index contributed by atoms with van der Waals surface area (Å²) in [6, 6.07) is 3.56.